The number of aryl methyl sites for hydroxylation is 10. The van der Waals surface area contributed by atoms with Crippen LogP contribution in [0.4, 0.5) is 51.4 Å². The van der Waals surface area contributed by atoms with Crippen LogP contribution in [0.3, 0.4) is 0 Å². The summed E-state index contributed by atoms with van der Waals surface area (Å²) in [5, 5.41) is 32.9. The number of nitrogens with zero attached hydrogens (tertiary/aromatic N) is 14. The molecule has 38 heteroatoms. The highest BCUT2D eigenvalue weighted by molar-refractivity contribution is 6.12. The molecule has 0 unspecified atom stereocenters. The van der Waals surface area contributed by atoms with Gasteiger partial charge in [-0.05, 0) is 75.9 Å². The Balaban J connectivity index is 0.631. The predicted octanol–water partition coefficient (Wildman–Crippen LogP) is 3.61. The fourth-order valence-corrected chi connectivity index (χ4v) is 11.4. The topological polar surface area (TPSA) is 440 Å². The lowest BCUT2D eigenvalue weighted by molar-refractivity contribution is -0.121. The SMILES string of the molecule is CN(C)CCCNC(=O)CCNC(=O)c1cc(NC(=O)c2cc(NC(=O)c3cc(NC(=O)c4cc(NC(=O)c5cc(NC(=O)CCCNC(=O)c6nc(NC(=O)c7nc(NC(=O)c8cc(NC(=O)c9cc(NC(=O)c%10nccn%10C)cn9C)cn8C)cn7C)cn6C)cn5C)cn4C)cn3C)cn2C)cn1C. The lowest BCUT2D eigenvalue weighted by Gasteiger charge is -2.10. The summed E-state index contributed by atoms with van der Waals surface area (Å²) in [6, 6.07) is 10.4. The van der Waals surface area contributed by atoms with E-state index >= 15 is 0 Å². The third-order valence-electron chi connectivity index (χ3n) is 16.8. The Morgan fingerprint density at radius 2 is 0.626 bits per heavy atom. The molecule has 10 heterocycles. The average molecular weight is 1470 g/mol. The van der Waals surface area contributed by atoms with Crippen LogP contribution in [0.15, 0.2) is 111 Å². The van der Waals surface area contributed by atoms with Crippen LogP contribution in [0.25, 0.3) is 0 Å². The molecule has 10 aromatic rings. The second-order valence-corrected chi connectivity index (χ2v) is 25.6. The van der Waals surface area contributed by atoms with Crippen molar-refractivity contribution >= 4 is 122 Å². The average Bonchev–Trinajstić information content (AvgIpc) is 1.68. The van der Waals surface area contributed by atoms with Gasteiger partial charge in [0.15, 0.2) is 17.5 Å². The minimum Gasteiger partial charge on any atom is -0.356 e. The summed E-state index contributed by atoms with van der Waals surface area (Å²) in [6.07, 6.45) is 18.0. The van der Waals surface area contributed by atoms with E-state index in [1.165, 1.54) is 104 Å². The molecule has 0 bridgehead atoms. The van der Waals surface area contributed by atoms with Gasteiger partial charge in [-0.2, -0.15) is 0 Å². The number of amides is 12. The highest BCUT2D eigenvalue weighted by Gasteiger charge is 2.26. The number of hydrogen-bond acceptors (Lipinski definition) is 16. The van der Waals surface area contributed by atoms with Crippen molar-refractivity contribution in [2.75, 3.05) is 88.1 Å². The Hall–Kier alpha value is -13.8. The fraction of sp³-hybridized carbons (Fsp3) is 0.290. The summed E-state index contributed by atoms with van der Waals surface area (Å²) < 4.78 is 15.0. The van der Waals surface area contributed by atoms with E-state index < -0.39 is 65.0 Å². The van der Waals surface area contributed by atoms with E-state index in [4.69, 9.17) is 0 Å². The molecule has 10 aromatic heterocycles. The molecule has 0 atom stereocenters. The molecular formula is C69H82N26O12. The van der Waals surface area contributed by atoms with E-state index in [-0.39, 0.29) is 119 Å². The minimum absolute atomic E-state index is 0.0144. The first kappa shape index (κ1) is 75.8. The van der Waals surface area contributed by atoms with Crippen LogP contribution in [0.1, 0.15) is 131 Å². The molecule has 0 aliphatic heterocycles. The normalized spacial score (nSPS) is 11.1. The van der Waals surface area contributed by atoms with Crippen molar-refractivity contribution < 1.29 is 57.5 Å². The molecule has 12 N–H and O–H groups in total. The minimum atomic E-state index is -0.706. The third kappa shape index (κ3) is 18.7. The number of anilines is 9. The van der Waals surface area contributed by atoms with Crippen molar-refractivity contribution in [3.05, 3.63) is 168 Å². The number of hydrogen-bond donors (Lipinski definition) is 12. The predicted molar refractivity (Wildman–Crippen MR) is 394 cm³/mol. The molecule has 0 fully saturated rings. The zero-order valence-corrected chi connectivity index (χ0v) is 60.7. The number of carbonyl (C=O) groups excluding carboxylic acids is 12. The van der Waals surface area contributed by atoms with Crippen molar-refractivity contribution in [2.24, 2.45) is 70.5 Å². The van der Waals surface area contributed by atoms with Gasteiger partial charge < -0.3 is 114 Å². The lowest BCUT2D eigenvalue weighted by atomic mass is 10.3. The highest BCUT2D eigenvalue weighted by Crippen LogP contribution is 2.25. The van der Waals surface area contributed by atoms with Crippen molar-refractivity contribution in [2.45, 2.75) is 25.7 Å². The Morgan fingerprint density at radius 1 is 0.308 bits per heavy atom. The second-order valence-electron chi connectivity index (χ2n) is 25.6. The van der Waals surface area contributed by atoms with Crippen LogP contribution < -0.4 is 63.8 Å². The Kier molecular flexibility index (Phi) is 23.2. The quantitative estimate of drug-likeness (QED) is 0.0286. The Morgan fingerprint density at radius 3 is 1.00 bits per heavy atom. The molecule has 12 amide bonds. The number of imidazole rings is 3. The molecule has 0 aliphatic carbocycles. The zero-order chi connectivity index (χ0) is 77.2. The smallest absolute Gasteiger partial charge is 0.292 e. The maximum Gasteiger partial charge on any atom is 0.292 e. The molecular weight excluding hydrogens is 1380 g/mol. The van der Waals surface area contributed by atoms with Crippen LogP contribution in [-0.4, -0.2) is 177 Å². The monoisotopic (exact) mass is 1470 g/mol. The molecule has 0 saturated heterocycles. The van der Waals surface area contributed by atoms with Crippen LogP contribution in [0, 0.1) is 0 Å². The van der Waals surface area contributed by atoms with E-state index in [1.54, 1.807) is 123 Å². The molecule has 10 rings (SSSR count). The van der Waals surface area contributed by atoms with Crippen molar-refractivity contribution in [3.8, 4) is 0 Å². The van der Waals surface area contributed by atoms with Gasteiger partial charge in [0.2, 0.25) is 23.5 Å². The Bertz CT molecular complexity index is 5120. The van der Waals surface area contributed by atoms with Gasteiger partial charge in [0, 0.05) is 171 Å². The van der Waals surface area contributed by atoms with E-state index in [2.05, 4.69) is 78.8 Å². The van der Waals surface area contributed by atoms with Gasteiger partial charge >= 0.3 is 0 Å². The number of carbonyl (C=O) groups is 12. The molecule has 0 saturated carbocycles. The summed E-state index contributed by atoms with van der Waals surface area (Å²) in [5.41, 5.74) is 3.55. The summed E-state index contributed by atoms with van der Waals surface area (Å²) in [5.74, 6) is -5.92. The summed E-state index contributed by atoms with van der Waals surface area (Å²) in [7, 11) is 20.1. The fourth-order valence-electron chi connectivity index (χ4n) is 11.4. The van der Waals surface area contributed by atoms with Gasteiger partial charge in [-0.25, -0.2) is 15.0 Å². The molecule has 0 aromatic carbocycles. The summed E-state index contributed by atoms with van der Waals surface area (Å²) in [6.45, 7) is 1.57. The Labute approximate surface area is 611 Å². The second kappa shape index (κ2) is 32.7. The van der Waals surface area contributed by atoms with E-state index in [1.807, 2.05) is 19.0 Å². The van der Waals surface area contributed by atoms with E-state index in [9.17, 15) is 57.5 Å². The van der Waals surface area contributed by atoms with Gasteiger partial charge in [0.25, 0.3) is 59.1 Å². The first-order valence-corrected chi connectivity index (χ1v) is 33.3. The van der Waals surface area contributed by atoms with Gasteiger partial charge in [-0.1, -0.05) is 0 Å². The number of rotatable bonds is 30. The van der Waals surface area contributed by atoms with Gasteiger partial charge in [0.05, 0.1) is 39.8 Å². The first-order valence-electron chi connectivity index (χ1n) is 33.3. The van der Waals surface area contributed by atoms with Gasteiger partial charge in [-0.3, -0.25) is 57.5 Å². The van der Waals surface area contributed by atoms with Gasteiger partial charge in [0.1, 0.15) is 39.9 Å². The van der Waals surface area contributed by atoms with Crippen molar-refractivity contribution in [3.63, 3.8) is 0 Å². The highest BCUT2D eigenvalue weighted by atomic mass is 16.2. The summed E-state index contributed by atoms with van der Waals surface area (Å²) >= 11 is 0. The molecule has 107 heavy (non-hydrogen) atoms. The number of aromatic nitrogens is 13. The van der Waals surface area contributed by atoms with Crippen LogP contribution in [-0.2, 0) is 80.1 Å². The number of nitrogens with one attached hydrogen (secondary N) is 12. The molecule has 0 radical (unpaired) electrons. The van der Waals surface area contributed by atoms with Crippen LogP contribution in [0.2, 0.25) is 0 Å². The maximum atomic E-state index is 13.6. The largest absolute Gasteiger partial charge is 0.356 e. The standard InChI is InChI=1S/C69H82N26O12/c1-85(2)21-14-18-70-55(96)16-19-73-60(98)46-24-40(31-87(46)4)75-62(100)48-26-42(33-89(48)6)77-64(102)50-27-43(34-91(50)8)78-63(101)49-25-41(32-90(49)7)76-61(99)47-23-39(30-88(47)5)74-56(97)15-13-17-72-67(105)58-81-54(38-94(58)11)84-69(107)59-82-53(37-95(59)12)83-66(104)52-28-44(35-93(52)10)79-65(103)51-29-45(36-92(51)9)80-68(106)57-71-20-22-86(57)3/h20,22-38H,13-19,21H2,1-12H3,(H,70,96)(H,72,105)(H,73,98)(H,74,97)(H,75,100)(H,76,99)(H,77,102)(H,78,101)(H,79,103)(H,80,106)(H,83,104)(H,84,107). The zero-order valence-electron chi connectivity index (χ0n) is 60.7. The van der Waals surface area contributed by atoms with Crippen LogP contribution in [0.5, 0.6) is 0 Å². The molecule has 38 nitrogen and oxygen atoms in total. The molecule has 0 spiro atoms. The van der Waals surface area contributed by atoms with Crippen molar-refractivity contribution in [1.82, 2.24) is 81.5 Å². The first-order chi connectivity index (χ1) is 50.8. The summed E-state index contributed by atoms with van der Waals surface area (Å²) in [4.78, 5) is 173. The van der Waals surface area contributed by atoms with Crippen LogP contribution >= 0.6 is 0 Å². The third-order valence-corrected chi connectivity index (χ3v) is 16.8. The van der Waals surface area contributed by atoms with Crippen molar-refractivity contribution in [1.29, 1.82) is 0 Å². The van der Waals surface area contributed by atoms with Gasteiger partial charge in [-0.15, -0.1) is 0 Å². The van der Waals surface area contributed by atoms with E-state index in [0.717, 1.165) is 13.0 Å². The lowest BCUT2D eigenvalue weighted by Crippen LogP contribution is -2.32. The maximum absolute atomic E-state index is 13.6. The van der Waals surface area contributed by atoms with E-state index in [0.29, 0.717) is 35.0 Å². The molecule has 0 aliphatic rings. The molecule has 560 valence electrons.